The van der Waals surface area contributed by atoms with Crippen LogP contribution in [0.1, 0.15) is 23.6 Å². The second-order valence-corrected chi connectivity index (χ2v) is 8.26. The molecule has 2 atom stereocenters. The first-order valence-electron chi connectivity index (χ1n) is 10.9. The molecule has 5 nitrogen and oxygen atoms in total. The van der Waals surface area contributed by atoms with Gasteiger partial charge in [0.1, 0.15) is 12.1 Å². The molecular weight excluding hydrogens is 459 g/mol. The number of ether oxygens (including phenoxy) is 2. The van der Waals surface area contributed by atoms with E-state index in [4.69, 9.17) is 9.47 Å². The van der Waals surface area contributed by atoms with Crippen LogP contribution in [0.15, 0.2) is 91.0 Å². The number of amides is 1. The molecule has 0 saturated carbocycles. The zero-order valence-electron chi connectivity index (χ0n) is 19.3. The number of hydrogen-bond donors (Lipinski definition) is 1. The van der Waals surface area contributed by atoms with Gasteiger partial charge in [-0.15, -0.1) is 0 Å². The molecule has 0 spiro atoms. The lowest BCUT2D eigenvalue weighted by Gasteiger charge is -2.37. The fourth-order valence-electron chi connectivity index (χ4n) is 3.82. The fraction of sp³-hybridized carbons (Fsp3) is 0.259. The molecule has 184 valence electrons. The normalized spacial score (nSPS) is 14.9. The summed E-state index contributed by atoms with van der Waals surface area (Å²) in [5, 5.41) is 2.32. The third kappa shape index (κ3) is 5.71. The van der Waals surface area contributed by atoms with Crippen LogP contribution >= 0.6 is 0 Å². The summed E-state index contributed by atoms with van der Waals surface area (Å²) in [6.45, 7) is 1.24. The standard InChI is InChI=1S/C27H26F3NO4/c1-25(18-20-12-6-3-7-13-20,24(33)35-19-21-14-8-4-9-15-21)31-23(32)26(34-2,27(28,29)30)22-16-10-5-11-17-22/h3-17H,18-19H2,1-2H3,(H,31,32)/t25-,26+/m1/s1. The molecule has 0 radical (unpaired) electrons. The number of methoxy groups -OCH3 is 1. The predicted octanol–water partition coefficient (Wildman–Crippen LogP) is 4.95. The largest absolute Gasteiger partial charge is 0.459 e. The molecule has 0 saturated heterocycles. The molecule has 0 unspecified atom stereocenters. The van der Waals surface area contributed by atoms with Crippen LogP contribution in [0, 0.1) is 0 Å². The number of esters is 1. The van der Waals surface area contributed by atoms with Crippen LogP contribution in [0.25, 0.3) is 0 Å². The zero-order chi connectivity index (χ0) is 25.5. The average Bonchev–Trinajstić information content (AvgIpc) is 2.84. The fourth-order valence-corrected chi connectivity index (χ4v) is 3.82. The third-order valence-electron chi connectivity index (χ3n) is 5.66. The lowest BCUT2D eigenvalue weighted by atomic mass is 9.87. The molecule has 3 aromatic carbocycles. The van der Waals surface area contributed by atoms with Gasteiger partial charge in [-0.05, 0) is 18.1 Å². The number of carbonyl (C=O) groups is 2. The molecule has 35 heavy (non-hydrogen) atoms. The number of rotatable bonds is 9. The predicted molar refractivity (Wildman–Crippen MR) is 124 cm³/mol. The van der Waals surface area contributed by atoms with E-state index in [0.29, 0.717) is 11.1 Å². The number of carbonyl (C=O) groups excluding carboxylic acids is 2. The summed E-state index contributed by atoms with van der Waals surface area (Å²) in [5.41, 5.74) is -4.24. The summed E-state index contributed by atoms with van der Waals surface area (Å²) in [4.78, 5) is 26.6. The van der Waals surface area contributed by atoms with Gasteiger partial charge in [-0.3, -0.25) is 4.79 Å². The number of benzene rings is 3. The summed E-state index contributed by atoms with van der Waals surface area (Å²) in [5.74, 6) is -2.40. The van der Waals surface area contributed by atoms with Gasteiger partial charge in [0.15, 0.2) is 0 Å². The Morgan fingerprint density at radius 1 is 0.800 bits per heavy atom. The Balaban J connectivity index is 1.97. The molecule has 0 bridgehead atoms. The Morgan fingerprint density at radius 2 is 1.29 bits per heavy atom. The molecule has 0 aliphatic rings. The highest BCUT2D eigenvalue weighted by atomic mass is 19.4. The second kappa shape index (κ2) is 10.7. The van der Waals surface area contributed by atoms with Gasteiger partial charge in [-0.25, -0.2) is 4.79 Å². The van der Waals surface area contributed by atoms with Crippen LogP contribution in [0.3, 0.4) is 0 Å². The van der Waals surface area contributed by atoms with Gasteiger partial charge in [0.05, 0.1) is 0 Å². The highest BCUT2D eigenvalue weighted by molar-refractivity contribution is 5.93. The third-order valence-corrected chi connectivity index (χ3v) is 5.66. The zero-order valence-corrected chi connectivity index (χ0v) is 19.3. The Bertz CT molecular complexity index is 1120. The highest BCUT2D eigenvalue weighted by Gasteiger charge is 2.63. The van der Waals surface area contributed by atoms with Crippen molar-refractivity contribution in [3.63, 3.8) is 0 Å². The van der Waals surface area contributed by atoms with Crippen LogP contribution in [0.2, 0.25) is 0 Å². The van der Waals surface area contributed by atoms with Crippen LogP contribution in [0.5, 0.6) is 0 Å². The van der Waals surface area contributed by atoms with Gasteiger partial charge in [-0.2, -0.15) is 13.2 Å². The van der Waals surface area contributed by atoms with Crippen molar-refractivity contribution in [1.82, 2.24) is 5.32 Å². The Hall–Kier alpha value is -3.65. The van der Waals surface area contributed by atoms with Crippen molar-refractivity contribution in [3.05, 3.63) is 108 Å². The smallest absolute Gasteiger partial charge is 0.430 e. The van der Waals surface area contributed by atoms with Gasteiger partial charge in [0.2, 0.25) is 0 Å². The van der Waals surface area contributed by atoms with E-state index in [0.717, 1.165) is 19.2 Å². The molecule has 1 amide bonds. The van der Waals surface area contributed by atoms with Gasteiger partial charge < -0.3 is 14.8 Å². The van der Waals surface area contributed by atoms with Crippen molar-refractivity contribution in [3.8, 4) is 0 Å². The van der Waals surface area contributed by atoms with E-state index < -0.39 is 34.8 Å². The summed E-state index contributed by atoms with van der Waals surface area (Å²) in [7, 11) is 0.808. The van der Waals surface area contributed by atoms with Crippen LogP contribution in [-0.4, -0.2) is 30.7 Å². The van der Waals surface area contributed by atoms with Crippen LogP contribution < -0.4 is 5.32 Å². The maximum Gasteiger partial charge on any atom is 0.430 e. The molecule has 0 aromatic heterocycles. The maximum absolute atomic E-state index is 14.4. The van der Waals surface area contributed by atoms with Gasteiger partial charge in [0, 0.05) is 19.1 Å². The first kappa shape index (κ1) is 26.0. The second-order valence-electron chi connectivity index (χ2n) is 8.26. The monoisotopic (exact) mass is 485 g/mol. The van der Waals surface area contributed by atoms with E-state index >= 15 is 0 Å². The van der Waals surface area contributed by atoms with Gasteiger partial charge >= 0.3 is 12.1 Å². The summed E-state index contributed by atoms with van der Waals surface area (Å²) >= 11 is 0. The van der Waals surface area contributed by atoms with E-state index in [1.807, 2.05) is 0 Å². The average molecular weight is 486 g/mol. The molecule has 8 heteroatoms. The van der Waals surface area contributed by atoms with E-state index in [1.54, 1.807) is 60.7 Å². The first-order chi connectivity index (χ1) is 16.6. The Kier molecular flexibility index (Phi) is 7.96. The van der Waals surface area contributed by atoms with Crippen molar-refractivity contribution in [2.75, 3.05) is 7.11 Å². The SMILES string of the molecule is CO[C@](C(=O)N[C@](C)(Cc1ccccc1)C(=O)OCc1ccccc1)(c1ccccc1)C(F)(F)F. The van der Waals surface area contributed by atoms with E-state index in [1.165, 1.54) is 25.1 Å². The Morgan fingerprint density at radius 3 is 1.77 bits per heavy atom. The van der Waals surface area contributed by atoms with Gasteiger partial charge in [-0.1, -0.05) is 91.0 Å². The molecule has 3 aromatic rings. The number of alkyl halides is 3. The lowest BCUT2D eigenvalue weighted by molar-refractivity contribution is -0.266. The topological polar surface area (TPSA) is 64.6 Å². The number of halogens is 3. The van der Waals surface area contributed by atoms with E-state index in [-0.39, 0.29) is 13.0 Å². The molecular formula is C27H26F3NO4. The molecule has 3 rings (SSSR count). The maximum atomic E-state index is 14.4. The highest BCUT2D eigenvalue weighted by Crippen LogP contribution is 2.42. The van der Waals surface area contributed by atoms with Gasteiger partial charge in [0.25, 0.3) is 11.5 Å². The summed E-state index contributed by atoms with van der Waals surface area (Å²) < 4.78 is 53.4. The van der Waals surface area contributed by atoms with E-state index in [2.05, 4.69) is 5.32 Å². The van der Waals surface area contributed by atoms with Crippen molar-refractivity contribution in [2.24, 2.45) is 0 Å². The molecule has 1 N–H and O–H groups in total. The minimum absolute atomic E-state index is 0.0976. The molecule has 0 aliphatic heterocycles. The quantitative estimate of drug-likeness (QED) is 0.436. The van der Waals surface area contributed by atoms with Crippen molar-refractivity contribution in [2.45, 2.75) is 37.3 Å². The molecule has 0 heterocycles. The van der Waals surface area contributed by atoms with E-state index in [9.17, 15) is 22.8 Å². The summed E-state index contributed by atoms with van der Waals surface area (Å²) in [6, 6.07) is 24.0. The number of nitrogens with one attached hydrogen (secondary N) is 1. The van der Waals surface area contributed by atoms with Crippen molar-refractivity contribution in [1.29, 1.82) is 0 Å². The van der Waals surface area contributed by atoms with Crippen molar-refractivity contribution < 1.29 is 32.2 Å². The summed E-state index contributed by atoms with van der Waals surface area (Å²) in [6.07, 6.45) is -5.21. The first-order valence-corrected chi connectivity index (χ1v) is 10.9. The minimum Gasteiger partial charge on any atom is -0.459 e. The lowest BCUT2D eigenvalue weighted by Crippen LogP contribution is -2.63. The number of hydrogen-bond acceptors (Lipinski definition) is 4. The molecule has 0 fully saturated rings. The van der Waals surface area contributed by atoms with Crippen LogP contribution in [-0.2, 0) is 37.7 Å². The molecule has 0 aliphatic carbocycles. The van der Waals surface area contributed by atoms with Crippen molar-refractivity contribution >= 4 is 11.9 Å². The van der Waals surface area contributed by atoms with Crippen LogP contribution in [0.4, 0.5) is 13.2 Å². The Labute approximate surface area is 201 Å². The minimum atomic E-state index is -5.12.